The molecule has 1 aliphatic rings. The van der Waals surface area contributed by atoms with Crippen LogP contribution < -0.4 is 0 Å². The van der Waals surface area contributed by atoms with Crippen molar-refractivity contribution in [3.05, 3.63) is 66.2 Å². The smallest absolute Gasteiger partial charge is 0.0951 e. The molecule has 0 saturated carbocycles. The van der Waals surface area contributed by atoms with E-state index in [-0.39, 0.29) is 12.4 Å². The van der Waals surface area contributed by atoms with Gasteiger partial charge in [-0.15, -0.1) is 12.4 Å². The lowest BCUT2D eigenvalue weighted by Gasteiger charge is -2.12. The average Bonchev–Trinajstić information content (AvgIpc) is 2.98. The topological polar surface area (TPSA) is 17.8 Å². The SMILES string of the molecule is Cl.c1cc2c3c(cccc3c1)C(n1ccnc1)C2. The van der Waals surface area contributed by atoms with Crippen LogP contribution in [0.1, 0.15) is 17.2 Å². The second-order valence-electron chi connectivity index (χ2n) is 4.59. The zero-order valence-corrected chi connectivity index (χ0v) is 10.6. The van der Waals surface area contributed by atoms with Gasteiger partial charge in [0.1, 0.15) is 0 Å². The second-order valence-corrected chi connectivity index (χ2v) is 4.59. The van der Waals surface area contributed by atoms with Crippen LogP contribution in [-0.4, -0.2) is 9.55 Å². The van der Waals surface area contributed by atoms with Crippen molar-refractivity contribution in [3.63, 3.8) is 0 Å². The lowest BCUT2D eigenvalue weighted by atomic mass is 10.0. The van der Waals surface area contributed by atoms with E-state index >= 15 is 0 Å². The molecule has 2 nitrogen and oxygen atoms in total. The molecule has 0 fully saturated rings. The molecule has 1 unspecified atom stereocenters. The Morgan fingerprint density at radius 1 is 1.11 bits per heavy atom. The lowest BCUT2D eigenvalue weighted by molar-refractivity contribution is 0.602. The van der Waals surface area contributed by atoms with Crippen LogP contribution in [0.5, 0.6) is 0 Å². The van der Waals surface area contributed by atoms with Crippen LogP contribution in [-0.2, 0) is 6.42 Å². The van der Waals surface area contributed by atoms with Crippen LogP contribution >= 0.6 is 12.4 Å². The predicted molar refractivity (Wildman–Crippen MR) is 75.3 cm³/mol. The molecule has 1 aromatic heterocycles. The minimum Gasteiger partial charge on any atom is -0.330 e. The minimum atomic E-state index is 0. The monoisotopic (exact) mass is 256 g/mol. The number of imidazole rings is 1. The first kappa shape index (κ1) is 11.3. The highest BCUT2D eigenvalue weighted by Gasteiger charge is 2.24. The summed E-state index contributed by atoms with van der Waals surface area (Å²) in [6.07, 6.45) is 6.89. The number of rotatable bonds is 1. The Bertz CT molecular complexity index is 684. The summed E-state index contributed by atoms with van der Waals surface area (Å²) in [4.78, 5) is 4.16. The van der Waals surface area contributed by atoms with Crippen molar-refractivity contribution in [1.29, 1.82) is 0 Å². The van der Waals surface area contributed by atoms with Crippen molar-refractivity contribution in [3.8, 4) is 0 Å². The maximum absolute atomic E-state index is 4.16. The van der Waals surface area contributed by atoms with E-state index in [0.29, 0.717) is 6.04 Å². The molecule has 3 heteroatoms. The van der Waals surface area contributed by atoms with Crippen molar-refractivity contribution < 1.29 is 0 Å². The molecule has 1 aliphatic carbocycles. The van der Waals surface area contributed by atoms with Gasteiger partial charge in [-0.05, 0) is 28.3 Å². The van der Waals surface area contributed by atoms with Gasteiger partial charge in [0.05, 0.1) is 12.4 Å². The first-order valence-corrected chi connectivity index (χ1v) is 5.91. The van der Waals surface area contributed by atoms with Crippen molar-refractivity contribution in [2.45, 2.75) is 12.5 Å². The number of hydrogen-bond acceptors (Lipinski definition) is 1. The maximum atomic E-state index is 4.16. The Labute approximate surface area is 112 Å². The summed E-state index contributed by atoms with van der Waals surface area (Å²) >= 11 is 0. The molecule has 1 atom stereocenters. The Balaban J connectivity index is 0.000001000. The Morgan fingerprint density at radius 2 is 1.94 bits per heavy atom. The van der Waals surface area contributed by atoms with Crippen molar-refractivity contribution in [1.82, 2.24) is 9.55 Å². The summed E-state index contributed by atoms with van der Waals surface area (Å²) in [6, 6.07) is 13.6. The average molecular weight is 257 g/mol. The van der Waals surface area contributed by atoms with Crippen molar-refractivity contribution >= 4 is 23.2 Å². The fourth-order valence-electron chi connectivity index (χ4n) is 2.94. The molecule has 1 heterocycles. The normalized spacial score (nSPS) is 16.8. The number of nitrogens with zero attached hydrogens (tertiary/aromatic N) is 2. The summed E-state index contributed by atoms with van der Waals surface area (Å²) in [5.41, 5.74) is 2.88. The first-order chi connectivity index (χ1) is 8.43. The van der Waals surface area contributed by atoms with Gasteiger partial charge in [-0.1, -0.05) is 36.4 Å². The van der Waals surface area contributed by atoms with Gasteiger partial charge < -0.3 is 4.57 Å². The molecule has 0 aliphatic heterocycles. The Hall–Kier alpha value is -1.80. The molecule has 0 spiro atoms. The van der Waals surface area contributed by atoms with E-state index in [0.717, 1.165) is 6.42 Å². The number of hydrogen-bond donors (Lipinski definition) is 0. The Kier molecular flexibility index (Phi) is 2.60. The molecule has 90 valence electrons. The molecule has 18 heavy (non-hydrogen) atoms. The molecule has 2 aromatic carbocycles. The van der Waals surface area contributed by atoms with Gasteiger partial charge in [-0.3, -0.25) is 0 Å². The third-order valence-corrected chi connectivity index (χ3v) is 3.68. The zero-order valence-electron chi connectivity index (χ0n) is 9.78. The quantitative estimate of drug-likeness (QED) is 0.650. The van der Waals surface area contributed by atoms with Crippen LogP contribution in [0, 0.1) is 0 Å². The summed E-state index contributed by atoms with van der Waals surface area (Å²) in [5.74, 6) is 0. The Morgan fingerprint density at radius 3 is 2.72 bits per heavy atom. The van der Waals surface area contributed by atoms with E-state index in [1.165, 1.54) is 21.9 Å². The first-order valence-electron chi connectivity index (χ1n) is 5.91. The van der Waals surface area contributed by atoms with Gasteiger partial charge in [-0.2, -0.15) is 0 Å². The maximum Gasteiger partial charge on any atom is 0.0951 e. The number of benzene rings is 2. The van der Waals surface area contributed by atoms with Crippen LogP contribution in [0.3, 0.4) is 0 Å². The zero-order chi connectivity index (χ0) is 11.2. The van der Waals surface area contributed by atoms with Gasteiger partial charge in [-0.25, -0.2) is 4.98 Å². The predicted octanol–water partition coefficient (Wildman–Crippen LogP) is 3.60. The van der Waals surface area contributed by atoms with Gasteiger partial charge in [0.25, 0.3) is 0 Å². The second kappa shape index (κ2) is 4.14. The lowest BCUT2D eigenvalue weighted by Crippen LogP contribution is -2.06. The van der Waals surface area contributed by atoms with E-state index < -0.39 is 0 Å². The van der Waals surface area contributed by atoms with Gasteiger partial charge in [0.15, 0.2) is 0 Å². The van der Waals surface area contributed by atoms with Crippen LogP contribution in [0.25, 0.3) is 10.8 Å². The van der Waals surface area contributed by atoms with Crippen LogP contribution in [0.4, 0.5) is 0 Å². The van der Waals surface area contributed by atoms with Gasteiger partial charge in [0.2, 0.25) is 0 Å². The standard InChI is InChI=1S/C15H12N2.ClH/c1-3-11-4-2-6-13-14(17-8-7-16-10-17)9-12(5-1)15(11)13;/h1-8,10,14H,9H2;1H. The molecule has 0 bridgehead atoms. The fourth-order valence-corrected chi connectivity index (χ4v) is 2.94. The minimum absolute atomic E-state index is 0. The molecule has 3 aromatic rings. The van der Waals surface area contributed by atoms with E-state index in [9.17, 15) is 0 Å². The number of aromatic nitrogens is 2. The molecule has 4 rings (SSSR count). The third-order valence-electron chi connectivity index (χ3n) is 3.68. The van der Waals surface area contributed by atoms with Gasteiger partial charge >= 0.3 is 0 Å². The highest BCUT2D eigenvalue weighted by molar-refractivity contribution is 5.91. The molecular weight excluding hydrogens is 244 g/mol. The summed E-state index contributed by atoms with van der Waals surface area (Å²) in [7, 11) is 0. The molecule has 0 saturated heterocycles. The molecule has 0 radical (unpaired) electrons. The van der Waals surface area contributed by atoms with E-state index in [1.807, 2.05) is 12.5 Å². The third kappa shape index (κ3) is 1.46. The molecule has 0 amide bonds. The number of halogens is 1. The summed E-state index contributed by atoms with van der Waals surface area (Å²) in [6.45, 7) is 0. The summed E-state index contributed by atoms with van der Waals surface area (Å²) < 4.78 is 2.20. The fraction of sp³-hybridized carbons (Fsp3) is 0.133. The van der Waals surface area contributed by atoms with Crippen molar-refractivity contribution in [2.24, 2.45) is 0 Å². The van der Waals surface area contributed by atoms with E-state index in [4.69, 9.17) is 0 Å². The molecule has 0 N–H and O–H groups in total. The van der Waals surface area contributed by atoms with Crippen LogP contribution in [0.15, 0.2) is 55.1 Å². The van der Waals surface area contributed by atoms with E-state index in [1.54, 1.807) is 0 Å². The van der Waals surface area contributed by atoms with Gasteiger partial charge in [0, 0.05) is 12.4 Å². The van der Waals surface area contributed by atoms with E-state index in [2.05, 4.69) is 52.1 Å². The highest BCUT2D eigenvalue weighted by Crippen LogP contribution is 2.38. The van der Waals surface area contributed by atoms with Crippen LogP contribution in [0.2, 0.25) is 0 Å². The summed E-state index contributed by atoms with van der Waals surface area (Å²) in [5, 5.41) is 2.79. The van der Waals surface area contributed by atoms with Crippen molar-refractivity contribution in [2.75, 3.05) is 0 Å². The largest absolute Gasteiger partial charge is 0.330 e. The molecular formula is C15H13ClN2. The highest BCUT2D eigenvalue weighted by atomic mass is 35.5.